The molecule has 0 aliphatic carbocycles. The van der Waals surface area contributed by atoms with Gasteiger partial charge in [0.2, 0.25) is 0 Å². The van der Waals surface area contributed by atoms with Gasteiger partial charge in [0.25, 0.3) is 0 Å². The Hall–Kier alpha value is -1.54. The molecule has 0 aliphatic rings. The molecular formula is C15H19NO. The number of aryl methyl sites for hydroxylation is 2. The molecule has 2 heteroatoms. The Labute approximate surface area is 103 Å². The number of benzene rings is 1. The molecule has 0 aliphatic heterocycles. The minimum atomic E-state index is 0.213. The van der Waals surface area contributed by atoms with Gasteiger partial charge in [-0.05, 0) is 31.2 Å². The predicted octanol–water partition coefficient (Wildman–Crippen LogP) is 3.46. The SMILES string of the molecule is CCc1occc1C(NC)c1ccccc1C. The first-order chi connectivity index (χ1) is 8.27. The molecule has 1 aromatic heterocycles. The molecule has 2 aromatic rings. The van der Waals surface area contributed by atoms with E-state index < -0.39 is 0 Å². The highest BCUT2D eigenvalue weighted by Crippen LogP contribution is 2.28. The summed E-state index contributed by atoms with van der Waals surface area (Å²) >= 11 is 0. The van der Waals surface area contributed by atoms with Gasteiger partial charge in [0.1, 0.15) is 5.76 Å². The molecule has 0 saturated carbocycles. The molecule has 1 heterocycles. The van der Waals surface area contributed by atoms with Gasteiger partial charge in [0.05, 0.1) is 12.3 Å². The van der Waals surface area contributed by atoms with Crippen molar-refractivity contribution in [2.45, 2.75) is 26.3 Å². The molecule has 0 radical (unpaired) electrons. The van der Waals surface area contributed by atoms with Crippen LogP contribution in [-0.2, 0) is 6.42 Å². The fraction of sp³-hybridized carbons (Fsp3) is 0.333. The fourth-order valence-corrected chi connectivity index (χ4v) is 2.28. The summed E-state index contributed by atoms with van der Waals surface area (Å²) in [7, 11) is 1.99. The van der Waals surface area contributed by atoms with Crippen LogP contribution in [0.4, 0.5) is 0 Å². The van der Waals surface area contributed by atoms with Crippen LogP contribution in [0.3, 0.4) is 0 Å². The summed E-state index contributed by atoms with van der Waals surface area (Å²) in [5, 5.41) is 3.38. The molecule has 0 saturated heterocycles. The number of rotatable bonds is 4. The molecular weight excluding hydrogens is 210 g/mol. The van der Waals surface area contributed by atoms with E-state index in [4.69, 9.17) is 4.42 Å². The van der Waals surface area contributed by atoms with Crippen molar-refractivity contribution in [3.05, 3.63) is 59.0 Å². The van der Waals surface area contributed by atoms with Gasteiger partial charge in [0.15, 0.2) is 0 Å². The summed E-state index contributed by atoms with van der Waals surface area (Å²) in [5.74, 6) is 1.06. The van der Waals surface area contributed by atoms with Gasteiger partial charge in [-0.2, -0.15) is 0 Å². The maximum absolute atomic E-state index is 5.52. The predicted molar refractivity (Wildman–Crippen MR) is 70.2 cm³/mol. The lowest BCUT2D eigenvalue weighted by atomic mass is 9.95. The maximum Gasteiger partial charge on any atom is 0.108 e. The molecule has 0 spiro atoms. The smallest absolute Gasteiger partial charge is 0.108 e. The fourth-order valence-electron chi connectivity index (χ4n) is 2.28. The zero-order valence-electron chi connectivity index (χ0n) is 10.7. The van der Waals surface area contributed by atoms with Crippen molar-refractivity contribution in [3.8, 4) is 0 Å². The average Bonchev–Trinajstić information content (AvgIpc) is 2.81. The van der Waals surface area contributed by atoms with Gasteiger partial charge < -0.3 is 9.73 Å². The van der Waals surface area contributed by atoms with Crippen molar-refractivity contribution in [1.82, 2.24) is 5.32 Å². The maximum atomic E-state index is 5.52. The Kier molecular flexibility index (Phi) is 3.64. The summed E-state index contributed by atoms with van der Waals surface area (Å²) in [5.41, 5.74) is 3.85. The third-order valence-corrected chi connectivity index (χ3v) is 3.20. The monoisotopic (exact) mass is 229 g/mol. The van der Waals surface area contributed by atoms with E-state index in [9.17, 15) is 0 Å². The first kappa shape index (κ1) is 11.9. The van der Waals surface area contributed by atoms with E-state index >= 15 is 0 Å². The van der Waals surface area contributed by atoms with Crippen molar-refractivity contribution in [3.63, 3.8) is 0 Å². The topological polar surface area (TPSA) is 25.2 Å². The van der Waals surface area contributed by atoms with Crippen LogP contribution in [0, 0.1) is 6.92 Å². The van der Waals surface area contributed by atoms with Gasteiger partial charge in [-0.1, -0.05) is 31.2 Å². The van der Waals surface area contributed by atoms with Gasteiger partial charge in [0, 0.05) is 12.0 Å². The molecule has 1 unspecified atom stereocenters. The van der Waals surface area contributed by atoms with Crippen LogP contribution in [-0.4, -0.2) is 7.05 Å². The second-order valence-corrected chi connectivity index (χ2v) is 4.23. The van der Waals surface area contributed by atoms with Crippen molar-refractivity contribution in [1.29, 1.82) is 0 Å². The molecule has 1 N–H and O–H groups in total. The number of hydrogen-bond acceptors (Lipinski definition) is 2. The van der Waals surface area contributed by atoms with E-state index in [-0.39, 0.29) is 6.04 Å². The van der Waals surface area contributed by atoms with E-state index in [1.807, 2.05) is 7.05 Å². The molecule has 90 valence electrons. The van der Waals surface area contributed by atoms with Crippen LogP contribution in [0.1, 0.15) is 35.4 Å². The Morgan fingerprint density at radius 3 is 2.59 bits per heavy atom. The summed E-state index contributed by atoms with van der Waals surface area (Å²) in [4.78, 5) is 0. The molecule has 2 nitrogen and oxygen atoms in total. The normalized spacial score (nSPS) is 12.6. The van der Waals surface area contributed by atoms with E-state index in [0.29, 0.717) is 0 Å². The van der Waals surface area contributed by atoms with Gasteiger partial charge in [-0.25, -0.2) is 0 Å². The Morgan fingerprint density at radius 1 is 1.18 bits per heavy atom. The lowest BCUT2D eigenvalue weighted by molar-refractivity contribution is 0.504. The van der Waals surface area contributed by atoms with Crippen LogP contribution < -0.4 is 5.32 Å². The standard InChI is InChI=1S/C15H19NO/c1-4-14-13(9-10-17-14)15(16-3)12-8-6-5-7-11(12)2/h5-10,15-16H,4H2,1-3H3. The third kappa shape index (κ3) is 2.27. The quantitative estimate of drug-likeness (QED) is 0.868. The highest BCUT2D eigenvalue weighted by atomic mass is 16.3. The van der Waals surface area contributed by atoms with Crippen LogP contribution >= 0.6 is 0 Å². The molecule has 0 bridgehead atoms. The van der Waals surface area contributed by atoms with E-state index in [1.54, 1.807) is 6.26 Å². The molecule has 2 rings (SSSR count). The summed E-state index contributed by atoms with van der Waals surface area (Å²) in [6.45, 7) is 4.26. The third-order valence-electron chi connectivity index (χ3n) is 3.20. The lowest BCUT2D eigenvalue weighted by Gasteiger charge is -2.18. The molecule has 17 heavy (non-hydrogen) atoms. The molecule has 1 atom stereocenters. The number of hydrogen-bond donors (Lipinski definition) is 1. The Balaban J connectivity index is 2.44. The van der Waals surface area contributed by atoms with Crippen molar-refractivity contribution >= 4 is 0 Å². The Bertz CT molecular complexity index is 487. The Morgan fingerprint density at radius 2 is 1.94 bits per heavy atom. The van der Waals surface area contributed by atoms with Crippen molar-refractivity contribution in [2.75, 3.05) is 7.05 Å². The van der Waals surface area contributed by atoms with Crippen LogP contribution in [0.2, 0.25) is 0 Å². The molecule has 0 amide bonds. The van der Waals surface area contributed by atoms with Crippen LogP contribution in [0.15, 0.2) is 41.0 Å². The zero-order valence-corrected chi connectivity index (χ0v) is 10.7. The number of nitrogens with one attached hydrogen (secondary N) is 1. The first-order valence-corrected chi connectivity index (χ1v) is 6.07. The van der Waals surface area contributed by atoms with Gasteiger partial charge in [-0.3, -0.25) is 0 Å². The van der Waals surface area contributed by atoms with E-state index in [0.717, 1.165) is 12.2 Å². The first-order valence-electron chi connectivity index (χ1n) is 6.07. The van der Waals surface area contributed by atoms with Crippen LogP contribution in [0.25, 0.3) is 0 Å². The minimum Gasteiger partial charge on any atom is -0.469 e. The minimum absolute atomic E-state index is 0.213. The highest BCUT2D eigenvalue weighted by Gasteiger charge is 2.18. The van der Waals surface area contributed by atoms with Crippen LogP contribution in [0.5, 0.6) is 0 Å². The largest absolute Gasteiger partial charge is 0.469 e. The van der Waals surface area contributed by atoms with E-state index in [1.165, 1.54) is 16.7 Å². The molecule has 0 fully saturated rings. The number of furan rings is 1. The second-order valence-electron chi connectivity index (χ2n) is 4.23. The summed E-state index contributed by atoms with van der Waals surface area (Å²) < 4.78 is 5.52. The molecule has 1 aromatic carbocycles. The van der Waals surface area contributed by atoms with Crippen molar-refractivity contribution < 1.29 is 4.42 Å². The van der Waals surface area contributed by atoms with Crippen molar-refractivity contribution in [2.24, 2.45) is 0 Å². The summed E-state index contributed by atoms with van der Waals surface area (Å²) in [6.07, 6.45) is 2.70. The highest BCUT2D eigenvalue weighted by molar-refractivity contribution is 5.37. The zero-order chi connectivity index (χ0) is 12.3. The summed E-state index contributed by atoms with van der Waals surface area (Å²) in [6, 6.07) is 10.7. The van der Waals surface area contributed by atoms with Gasteiger partial charge in [-0.15, -0.1) is 0 Å². The van der Waals surface area contributed by atoms with E-state index in [2.05, 4.69) is 49.5 Å². The van der Waals surface area contributed by atoms with Gasteiger partial charge >= 0.3 is 0 Å². The average molecular weight is 229 g/mol. The second kappa shape index (κ2) is 5.19. The lowest BCUT2D eigenvalue weighted by Crippen LogP contribution is -2.19.